The van der Waals surface area contributed by atoms with Crippen LogP contribution in [0, 0.1) is 11.8 Å². The summed E-state index contributed by atoms with van der Waals surface area (Å²) in [5.41, 5.74) is -1.39. The average molecular weight is 395 g/mol. The van der Waals surface area contributed by atoms with E-state index in [2.05, 4.69) is 0 Å². The van der Waals surface area contributed by atoms with Gasteiger partial charge in [0.05, 0.1) is 17.0 Å². The summed E-state index contributed by atoms with van der Waals surface area (Å²) in [6, 6.07) is 6.03. The SMILES string of the molecule is [2H]c1c(OC)c(OC)c([2H])c2c1C(=O)C(C([2H])([2H])C1([2H])C([2H])([2H])C([2H])([2H])N(Cc3ccccc3)C([2H])([2H])C1([2H])[2H])C2([2H])[2H]. The van der Waals surface area contributed by atoms with Crippen LogP contribution in [-0.2, 0) is 12.9 Å². The molecule has 0 radical (unpaired) electrons. The monoisotopic (exact) mass is 394 g/mol. The largest absolute Gasteiger partial charge is 0.493 e. The van der Waals surface area contributed by atoms with Crippen molar-refractivity contribution in [2.24, 2.45) is 11.8 Å². The molecule has 1 atom stereocenters. The van der Waals surface area contributed by atoms with Crippen LogP contribution in [0.4, 0.5) is 0 Å². The number of carbonyl (C=O) groups is 1. The van der Waals surface area contributed by atoms with Crippen LogP contribution in [0.2, 0.25) is 0 Å². The summed E-state index contributed by atoms with van der Waals surface area (Å²) in [5.74, 6) is -9.38. The van der Waals surface area contributed by atoms with Gasteiger partial charge in [0.15, 0.2) is 17.3 Å². The zero-order valence-electron chi connectivity index (χ0n) is 30.3. The van der Waals surface area contributed by atoms with Crippen molar-refractivity contribution in [1.29, 1.82) is 0 Å². The number of benzene rings is 2. The van der Waals surface area contributed by atoms with Crippen LogP contribution in [0.15, 0.2) is 42.4 Å². The third kappa shape index (κ3) is 3.93. The summed E-state index contributed by atoms with van der Waals surface area (Å²) in [6.45, 7) is -7.87. The number of fused-ring (bicyclic) bond motifs is 1. The molecule has 2 aromatic rings. The fraction of sp³-hybridized carbons (Fsp3) is 0.458. The highest BCUT2D eigenvalue weighted by molar-refractivity contribution is 6.02. The topological polar surface area (TPSA) is 38.8 Å². The first kappa shape index (κ1) is 8.19. The van der Waals surface area contributed by atoms with E-state index >= 15 is 0 Å². The molecule has 28 heavy (non-hydrogen) atoms. The first-order valence-electron chi connectivity index (χ1n) is 16.1. The van der Waals surface area contributed by atoms with Gasteiger partial charge in [0.25, 0.3) is 0 Å². The molecule has 0 spiro atoms. The molecule has 4 nitrogen and oxygen atoms in total. The van der Waals surface area contributed by atoms with E-state index in [4.69, 9.17) is 30.0 Å². The summed E-state index contributed by atoms with van der Waals surface area (Å²) >= 11 is 0. The molecule has 1 aliphatic carbocycles. The molecule has 148 valence electrons. The molecule has 1 aliphatic heterocycles. The Bertz CT molecular complexity index is 1430. The van der Waals surface area contributed by atoms with Crippen molar-refractivity contribution in [3.8, 4) is 11.5 Å². The molecule has 2 aliphatic rings. The van der Waals surface area contributed by atoms with E-state index in [9.17, 15) is 4.79 Å². The van der Waals surface area contributed by atoms with Gasteiger partial charge in [-0.1, -0.05) is 30.3 Å². The number of Topliss-reactive ketones (excluding diaryl/α,β-unsaturated/α-hetero) is 1. The van der Waals surface area contributed by atoms with Crippen LogP contribution < -0.4 is 9.47 Å². The minimum Gasteiger partial charge on any atom is -0.493 e. The summed E-state index contributed by atoms with van der Waals surface area (Å²) in [5, 5.41) is 0. The van der Waals surface area contributed by atoms with Gasteiger partial charge in [0.2, 0.25) is 0 Å². The highest BCUT2D eigenvalue weighted by atomic mass is 16.5. The van der Waals surface area contributed by atoms with E-state index in [0.29, 0.717) is 0 Å². The minimum atomic E-state index is -4.14. The zero-order chi connectivity index (χ0) is 32.9. The lowest BCUT2D eigenvalue weighted by atomic mass is 9.85. The van der Waals surface area contributed by atoms with Gasteiger partial charge in [-0.05, 0) is 67.6 Å². The number of piperidine rings is 1. The summed E-state index contributed by atoms with van der Waals surface area (Å²) in [7, 11) is 2.17. The second-order valence-corrected chi connectivity index (χ2v) is 6.07. The number of likely N-dealkylation sites (tertiary alicyclic amines) is 1. The van der Waals surface area contributed by atoms with Crippen molar-refractivity contribution in [3.63, 3.8) is 0 Å². The van der Waals surface area contributed by atoms with Crippen LogP contribution in [0.1, 0.15) is 61.2 Å². The lowest BCUT2D eigenvalue weighted by molar-refractivity contribution is 0.0895. The third-order valence-corrected chi connectivity index (χ3v) is 4.24. The maximum Gasteiger partial charge on any atom is 0.166 e. The fourth-order valence-electron chi connectivity index (χ4n) is 2.87. The fourth-order valence-corrected chi connectivity index (χ4v) is 2.87. The normalized spacial score (nSPS) is 38.7. The molecule has 4 heteroatoms. The number of methoxy groups -OCH3 is 2. The highest BCUT2D eigenvalue weighted by Gasteiger charge is 2.34. The minimum absolute atomic E-state index is 0.220. The van der Waals surface area contributed by atoms with Gasteiger partial charge in [0.1, 0.15) is 0 Å². The molecule has 0 amide bonds. The number of rotatable bonds is 6. The molecule has 0 saturated carbocycles. The van der Waals surface area contributed by atoms with Crippen LogP contribution in [0.5, 0.6) is 11.5 Å². The Morgan fingerprint density at radius 1 is 1.18 bits per heavy atom. The number of ketones is 1. The molecular weight excluding hydrogens is 350 g/mol. The van der Waals surface area contributed by atoms with Crippen LogP contribution >= 0.6 is 0 Å². The van der Waals surface area contributed by atoms with E-state index in [0.717, 1.165) is 14.2 Å². The predicted molar refractivity (Wildman–Crippen MR) is 110 cm³/mol. The Morgan fingerprint density at radius 2 is 1.86 bits per heavy atom. The van der Waals surface area contributed by atoms with Gasteiger partial charge < -0.3 is 9.47 Å². The molecular formula is C24H29NO3. The molecule has 1 heterocycles. The first-order valence-corrected chi connectivity index (χ1v) is 8.57. The number of hydrogen-bond acceptors (Lipinski definition) is 4. The predicted octanol–water partition coefficient (Wildman–Crippen LogP) is 4.36. The zero-order valence-corrected chi connectivity index (χ0v) is 15.3. The summed E-state index contributed by atoms with van der Waals surface area (Å²) < 4.78 is 141. The van der Waals surface area contributed by atoms with Crippen molar-refractivity contribution >= 4 is 5.78 Å². The van der Waals surface area contributed by atoms with E-state index in [-0.39, 0.29) is 10.5 Å². The van der Waals surface area contributed by atoms with E-state index in [1.165, 1.54) is 24.3 Å². The number of carbonyl (C=O) groups excluding carboxylic acids is 1. The Hall–Kier alpha value is -2.33. The average Bonchev–Trinajstić information content (AvgIpc) is 3.13. The van der Waals surface area contributed by atoms with Gasteiger partial charge in [-0.25, -0.2) is 0 Å². The molecule has 1 fully saturated rings. The van der Waals surface area contributed by atoms with Crippen molar-refractivity contribution < 1.29 is 34.8 Å². The lowest BCUT2D eigenvalue weighted by Crippen LogP contribution is -2.34. The molecule has 0 bridgehead atoms. The van der Waals surface area contributed by atoms with Crippen LogP contribution in [-0.4, -0.2) is 37.9 Å². The van der Waals surface area contributed by atoms with Crippen LogP contribution in [0.25, 0.3) is 0 Å². The molecule has 0 N–H and O–H groups in total. The van der Waals surface area contributed by atoms with Gasteiger partial charge in [-0.2, -0.15) is 0 Å². The smallest absolute Gasteiger partial charge is 0.166 e. The number of nitrogens with zero attached hydrogens (tertiary/aromatic N) is 1. The second kappa shape index (κ2) is 8.36. The molecule has 0 aromatic heterocycles. The maximum atomic E-state index is 13.8. The molecule has 1 unspecified atom stereocenters. The maximum absolute atomic E-state index is 13.8. The van der Waals surface area contributed by atoms with Crippen molar-refractivity contribution in [2.45, 2.75) is 32.0 Å². The van der Waals surface area contributed by atoms with Gasteiger partial charge in [-0.15, -0.1) is 0 Å². The Kier molecular flexibility index (Phi) is 2.44. The molecule has 2 aromatic carbocycles. The number of hydrogen-bond donors (Lipinski definition) is 0. The van der Waals surface area contributed by atoms with E-state index < -0.39 is 97.3 Å². The summed E-state index contributed by atoms with van der Waals surface area (Å²) in [6.07, 6.45) is -15.2. The van der Waals surface area contributed by atoms with Gasteiger partial charge in [0, 0.05) is 35.8 Å². The van der Waals surface area contributed by atoms with Gasteiger partial charge >= 0.3 is 0 Å². The highest BCUT2D eigenvalue weighted by Crippen LogP contribution is 2.39. The Balaban J connectivity index is 1.99. The molecule has 1 saturated heterocycles. The van der Waals surface area contributed by atoms with Crippen LogP contribution in [0.3, 0.4) is 0 Å². The van der Waals surface area contributed by atoms with Gasteiger partial charge in [-0.3, -0.25) is 9.69 Å². The van der Waals surface area contributed by atoms with E-state index in [1.807, 2.05) is 0 Å². The summed E-state index contributed by atoms with van der Waals surface area (Å²) in [4.78, 5) is 14.0. The molecule has 4 rings (SSSR count). The Labute approximate surface area is 188 Å². The first-order chi connectivity index (χ1) is 19.5. The second-order valence-electron chi connectivity index (χ2n) is 6.07. The van der Waals surface area contributed by atoms with E-state index in [1.54, 1.807) is 6.07 Å². The number of ether oxygens (including phenoxy) is 2. The quantitative estimate of drug-likeness (QED) is 0.730. The van der Waals surface area contributed by atoms with Crippen molar-refractivity contribution in [2.75, 3.05) is 27.2 Å². The Morgan fingerprint density at radius 3 is 2.54 bits per heavy atom. The third-order valence-electron chi connectivity index (χ3n) is 4.24. The standard InChI is InChI=1S/C24H29NO3/c1-27-22-14-19-13-20(24(26)21(19)15-23(22)28-2)12-17-8-10-25(11-9-17)16-18-6-4-3-5-7-18/h3-7,14-15,17,20H,8-13,16H2,1-2H3/i8D2,9D2,10D2,11D2,12D2,13D2,14D,15D,17D. The van der Waals surface area contributed by atoms with Crippen molar-refractivity contribution in [3.05, 3.63) is 59.1 Å². The van der Waals surface area contributed by atoms with Crippen molar-refractivity contribution in [1.82, 2.24) is 4.90 Å². The lowest BCUT2D eigenvalue weighted by Gasteiger charge is -2.32.